The molecule has 0 aromatic rings. The van der Waals surface area contributed by atoms with Gasteiger partial charge in [-0.15, -0.1) is 37.9 Å². The molecular weight excluding hydrogens is 148 g/mol. The molecule has 0 N–H and O–H groups in total. The van der Waals surface area contributed by atoms with E-state index in [0.717, 1.165) is 0 Å². The fourth-order valence-corrected chi connectivity index (χ4v) is 0. The number of hydrogen-bond donors (Lipinski definition) is 3. The van der Waals surface area contributed by atoms with Gasteiger partial charge in [-0.1, -0.05) is 0 Å². The Labute approximate surface area is 59.1 Å². The Hall–Kier alpha value is 0.720. The van der Waals surface area contributed by atoms with Crippen LogP contribution in [0.2, 0.25) is 0 Å². The lowest BCUT2D eigenvalue weighted by molar-refractivity contribution is -0.115. The Morgan fingerprint density at radius 1 is 1.43 bits per heavy atom. The van der Waals surface area contributed by atoms with Gasteiger partial charge in [-0.3, -0.25) is 4.79 Å². The summed E-state index contributed by atoms with van der Waals surface area (Å²) in [4.78, 5) is 10.2. The number of carbonyl (C=O) groups is 1. The van der Waals surface area contributed by atoms with Crippen LogP contribution < -0.4 is 0 Å². The molecule has 0 aromatic heterocycles. The molecule has 0 aliphatic rings. The molecule has 0 aromatic carbocycles. The van der Waals surface area contributed by atoms with E-state index in [4.69, 9.17) is 0 Å². The van der Waals surface area contributed by atoms with Crippen molar-refractivity contribution >= 4 is 43.7 Å². The van der Waals surface area contributed by atoms with E-state index >= 15 is 0 Å². The minimum atomic E-state index is -1.06. The molecule has 1 nitrogen and oxygen atoms in total. The molecule has 0 aliphatic carbocycles. The Morgan fingerprint density at radius 2 is 1.57 bits per heavy atom. The third kappa shape index (κ3) is 3.32. The third-order valence-electron chi connectivity index (χ3n) is 0.472. The van der Waals surface area contributed by atoms with Gasteiger partial charge in [0.2, 0.25) is 0 Å². The second-order valence-corrected chi connectivity index (χ2v) is 4.26. The highest BCUT2D eigenvalue weighted by molar-refractivity contribution is 8.18. The minimum Gasteiger partial charge on any atom is -0.297 e. The lowest BCUT2D eigenvalue weighted by atomic mass is 10.5. The van der Waals surface area contributed by atoms with Crippen molar-refractivity contribution in [3.05, 3.63) is 0 Å². The molecular formula is C3H6OS3. The highest BCUT2D eigenvalue weighted by Gasteiger charge is 2.19. The summed E-state index contributed by atoms with van der Waals surface area (Å²) in [6.07, 6.45) is 0. The van der Waals surface area contributed by atoms with Crippen LogP contribution in [0.25, 0.3) is 0 Å². The van der Waals surface area contributed by atoms with Crippen molar-refractivity contribution in [3.63, 3.8) is 0 Å². The molecule has 42 valence electrons. The standard InChI is InChI=1S/C3H6OS3/c1-2(4)3(5,6)7/h5-7H,1H3. The molecule has 7 heavy (non-hydrogen) atoms. The predicted molar refractivity (Wildman–Crippen MR) is 40.4 cm³/mol. The monoisotopic (exact) mass is 154 g/mol. The molecule has 0 fully saturated rings. The van der Waals surface area contributed by atoms with Crippen LogP contribution >= 0.6 is 37.9 Å². The van der Waals surface area contributed by atoms with Crippen LogP contribution in [0.15, 0.2) is 0 Å². The number of thiol groups is 3. The van der Waals surface area contributed by atoms with Crippen molar-refractivity contribution < 1.29 is 4.79 Å². The van der Waals surface area contributed by atoms with Gasteiger partial charge in [0.25, 0.3) is 0 Å². The summed E-state index contributed by atoms with van der Waals surface area (Å²) in [6, 6.07) is 0. The second kappa shape index (κ2) is 2.33. The molecule has 0 bridgehead atoms. The van der Waals surface area contributed by atoms with E-state index in [1.54, 1.807) is 0 Å². The van der Waals surface area contributed by atoms with Gasteiger partial charge in [-0.05, 0) is 6.92 Å². The second-order valence-electron chi connectivity index (χ2n) is 1.19. The highest BCUT2D eigenvalue weighted by Crippen LogP contribution is 2.24. The van der Waals surface area contributed by atoms with Crippen molar-refractivity contribution in [1.82, 2.24) is 0 Å². The molecule has 0 rings (SSSR count). The first-order valence-corrected chi connectivity index (χ1v) is 2.97. The van der Waals surface area contributed by atoms with Gasteiger partial charge in [-0.25, -0.2) is 0 Å². The van der Waals surface area contributed by atoms with E-state index in [2.05, 4.69) is 37.9 Å². The molecule has 0 saturated heterocycles. The van der Waals surface area contributed by atoms with Crippen LogP contribution in [-0.4, -0.2) is 9.19 Å². The number of hydrogen-bond acceptors (Lipinski definition) is 4. The van der Waals surface area contributed by atoms with Crippen LogP contribution in [0.1, 0.15) is 6.92 Å². The lowest BCUT2D eigenvalue weighted by Crippen LogP contribution is -2.14. The predicted octanol–water partition coefficient (Wildman–Crippen LogP) is 1.02. The maximum Gasteiger partial charge on any atom is 0.165 e. The first kappa shape index (κ1) is 7.72. The van der Waals surface area contributed by atoms with Crippen LogP contribution in [-0.2, 0) is 4.79 Å². The summed E-state index contributed by atoms with van der Waals surface area (Å²) in [5.74, 6) is -0.164. The van der Waals surface area contributed by atoms with E-state index in [1.165, 1.54) is 6.92 Å². The zero-order chi connectivity index (χ0) is 6.08. The van der Waals surface area contributed by atoms with Crippen molar-refractivity contribution in [3.8, 4) is 0 Å². The van der Waals surface area contributed by atoms with Gasteiger partial charge in [-0.2, -0.15) is 0 Å². The fourth-order valence-electron chi connectivity index (χ4n) is 0. The number of Topliss-reactive ketones (excluding diaryl/α,β-unsaturated/α-hetero) is 1. The first-order valence-electron chi connectivity index (χ1n) is 1.62. The average Bonchev–Trinajstić information content (AvgIpc) is 1.31. The Balaban J connectivity index is 3.79. The first-order chi connectivity index (χ1) is 2.94. The van der Waals surface area contributed by atoms with E-state index < -0.39 is 3.41 Å². The van der Waals surface area contributed by atoms with Crippen molar-refractivity contribution in [2.24, 2.45) is 0 Å². The molecule has 0 radical (unpaired) electrons. The van der Waals surface area contributed by atoms with Crippen LogP contribution in [0.3, 0.4) is 0 Å². The minimum absolute atomic E-state index is 0.164. The van der Waals surface area contributed by atoms with E-state index in [0.29, 0.717) is 0 Å². The maximum absolute atomic E-state index is 10.2. The normalized spacial score (nSPS) is 11.4. The third-order valence-corrected chi connectivity index (χ3v) is 1.42. The Kier molecular flexibility index (Phi) is 2.57. The summed E-state index contributed by atoms with van der Waals surface area (Å²) in [5.41, 5.74) is 0. The molecule has 4 heteroatoms. The topological polar surface area (TPSA) is 17.1 Å². The van der Waals surface area contributed by atoms with E-state index in [-0.39, 0.29) is 5.78 Å². The molecule has 0 heterocycles. The SMILES string of the molecule is CC(=O)C(S)(S)S. The summed E-state index contributed by atoms with van der Waals surface area (Å²) in [7, 11) is 0. The van der Waals surface area contributed by atoms with Crippen LogP contribution in [0, 0.1) is 0 Å². The maximum atomic E-state index is 10.2. The van der Waals surface area contributed by atoms with Crippen molar-refractivity contribution in [2.75, 3.05) is 0 Å². The summed E-state index contributed by atoms with van der Waals surface area (Å²) in [5, 5.41) is 0. The largest absolute Gasteiger partial charge is 0.297 e. The van der Waals surface area contributed by atoms with Crippen LogP contribution in [0.5, 0.6) is 0 Å². The van der Waals surface area contributed by atoms with E-state index in [1.807, 2.05) is 0 Å². The van der Waals surface area contributed by atoms with Crippen molar-refractivity contribution in [2.45, 2.75) is 10.3 Å². The molecule has 0 saturated carbocycles. The Morgan fingerprint density at radius 3 is 1.57 bits per heavy atom. The molecule has 0 atom stereocenters. The number of carbonyl (C=O) groups excluding carboxylic acids is 1. The fraction of sp³-hybridized carbons (Fsp3) is 0.667. The Bertz CT molecular complexity index is 82.7. The molecule has 0 aliphatic heterocycles. The lowest BCUT2D eigenvalue weighted by Gasteiger charge is -2.07. The summed E-state index contributed by atoms with van der Waals surface area (Å²) < 4.78 is -1.06. The molecule has 0 spiro atoms. The highest BCUT2D eigenvalue weighted by atomic mass is 32.2. The molecule has 0 amide bonds. The van der Waals surface area contributed by atoms with E-state index in [9.17, 15) is 4.79 Å². The average molecular weight is 154 g/mol. The smallest absolute Gasteiger partial charge is 0.165 e. The summed E-state index contributed by atoms with van der Waals surface area (Å²) >= 11 is 11.2. The van der Waals surface area contributed by atoms with Gasteiger partial charge in [0.15, 0.2) is 9.19 Å². The van der Waals surface area contributed by atoms with Crippen LogP contribution in [0.4, 0.5) is 0 Å². The zero-order valence-corrected chi connectivity index (χ0v) is 6.43. The van der Waals surface area contributed by atoms with Crippen molar-refractivity contribution in [1.29, 1.82) is 0 Å². The number of rotatable bonds is 1. The summed E-state index contributed by atoms with van der Waals surface area (Å²) in [6.45, 7) is 1.38. The van der Waals surface area contributed by atoms with Gasteiger partial charge in [0, 0.05) is 0 Å². The number of ketones is 1. The van der Waals surface area contributed by atoms with Gasteiger partial charge in [0.1, 0.15) is 0 Å². The molecule has 0 unspecified atom stereocenters. The quantitative estimate of drug-likeness (QED) is 0.380. The van der Waals surface area contributed by atoms with Gasteiger partial charge < -0.3 is 0 Å². The van der Waals surface area contributed by atoms with Gasteiger partial charge >= 0.3 is 0 Å². The zero-order valence-electron chi connectivity index (χ0n) is 3.75. The van der Waals surface area contributed by atoms with Gasteiger partial charge in [0.05, 0.1) is 0 Å².